The van der Waals surface area contributed by atoms with Crippen LogP contribution in [-0.2, 0) is 6.42 Å². The highest BCUT2D eigenvalue weighted by Crippen LogP contribution is 2.23. The Morgan fingerprint density at radius 3 is 1.76 bits per heavy atom. The Labute approximate surface area is 106 Å². The van der Waals surface area contributed by atoms with Crippen LogP contribution in [0.3, 0.4) is 0 Å². The van der Waals surface area contributed by atoms with Crippen LogP contribution >= 0.6 is 0 Å². The van der Waals surface area contributed by atoms with E-state index in [1.165, 1.54) is 5.56 Å². The van der Waals surface area contributed by atoms with Crippen LogP contribution < -0.4 is 4.74 Å². The average molecular weight is 234 g/mol. The largest absolute Gasteiger partial charge is 0.493 e. The summed E-state index contributed by atoms with van der Waals surface area (Å²) in [5, 5.41) is 0. The molecule has 0 spiro atoms. The summed E-state index contributed by atoms with van der Waals surface area (Å²) in [6.07, 6.45) is 1.10. The van der Waals surface area contributed by atoms with E-state index in [1.54, 1.807) is 0 Å². The quantitative estimate of drug-likeness (QED) is 0.736. The maximum Gasteiger partial charge on any atom is 0.119 e. The van der Waals surface area contributed by atoms with Gasteiger partial charge in [-0.25, -0.2) is 0 Å². The van der Waals surface area contributed by atoms with E-state index in [-0.39, 0.29) is 5.41 Å². The van der Waals surface area contributed by atoms with Crippen LogP contribution in [0.5, 0.6) is 5.75 Å². The Balaban J connectivity index is 2.56. The Morgan fingerprint density at radius 2 is 1.35 bits per heavy atom. The first kappa shape index (κ1) is 14.1. The van der Waals surface area contributed by atoms with Gasteiger partial charge in [0, 0.05) is 0 Å². The van der Waals surface area contributed by atoms with Gasteiger partial charge in [0.25, 0.3) is 0 Å². The third-order valence-corrected chi connectivity index (χ3v) is 2.33. The molecule has 96 valence electrons. The number of rotatable bonds is 3. The summed E-state index contributed by atoms with van der Waals surface area (Å²) in [5.74, 6) is 0.970. The zero-order chi connectivity index (χ0) is 13.1. The highest BCUT2D eigenvalue weighted by atomic mass is 16.5. The van der Waals surface area contributed by atoms with E-state index in [4.69, 9.17) is 4.74 Å². The van der Waals surface area contributed by atoms with Gasteiger partial charge in [0.05, 0.1) is 6.61 Å². The summed E-state index contributed by atoms with van der Waals surface area (Å²) in [6.45, 7) is 14.1. The first-order valence-electron chi connectivity index (χ1n) is 6.37. The Hall–Kier alpha value is -0.980. The molecule has 1 rings (SSSR count). The smallest absolute Gasteiger partial charge is 0.119 e. The predicted molar refractivity (Wildman–Crippen MR) is 74.6 cm³/mol. The molecule has 0 saturated carbocycles. The predicted octanol–water partition coefficient (Wildman–Crippen LogP) is 4.70. The third-order valence-electron chi connectivity index (χ3n) is 2.33. The van der Waals surface area contributed by atoms with Gasteiger partial charge in [-0.3, -0.25) is 0 Å². The lowest BCUT2D eigenvalue weighted by Crippen LogP contribution is -2.16. The topological polar surface area (TPSA) is 9.23 Å². The summed E-state index contributed by atoms with van der Waals surface area (Å²) < 4.78 is 5.76. The molecule has 0 aliphatic rings. The molecule has 1 heteroatoms. The number of hydrogen-bond acceptors (Lipinski definition) is 1. The van der Waals surface area contributed by atoms with Gasteiger partial charge in [0.15, 0.2) is 0 Å². The lowest BCUT2D eigenvalue weighted by atomic mass is 9.88. The maximum atomic E-state index is 5.76. The van der Waals surface area contributed by atoms with E-state index in [1.807, 2.05) is 0 Å². The van der Waals surface area contributed by atoms with Crippen LogP contribution in [0.25, 0.3) is 0 Å². The fourth-order valence-corrected chi connectivity index (χ4v) is 1.62. The maximum absolute atomic E-state index is 5.76. The van der Waals surface area contributed by atoms with Crippen LogP contribution in [0.1, 0.15) is 47.1 Å². The monoisotopic (exact) mass is 234 g/mol. The van der Waals surface area contributed by atoms with Crippen LogP contribution in [0, 0.1) is 10.8 Å². The second-order valence-electron chi connectivity index (χ2n) is 7.23. The van der Waals surface area contributed by atoms with Crippen molar-refractivity contribution in [3.05, 3.63) is 29.8 Å². The number of benzene rings is 1. The van der Waals surface area contributed by atoms with Crippen molar-refractivity contribution in [1.82, 2.24) is 0 Å². The second kappa shape index (κ2) is 5.12. The summed E-state index contributed by atoms with van der Waals surface area (Å²) in [4.78, 5) is 0. The van der Waals surface area contributed by atoms with Crippen molar-refractivity contribution < 1.29 is 4.74 Å². The fourth-order valence-electron chi connectivity index (χ4n) is 1.62. The second-order valence-corrected chi connectivity index (χ2v) is 7.23. The molecule has 0 saturated heterocycles. The molecular formula is C16H26O. The standard InChI is InChI=1S/C16H26O/c1-15(2,3)11-13-7-9-14(10-8-13)17-12-16(4,5)6/h7-10H,11-12H2,1-6H3. The van der Waals surface area contributed by atoms with Crippen LogP contribution in [0.4, 0.5) is 0 Å². The normalized spacial score (nSPS) is 12.6. The van der Waals surface area contributed by atoms with Crippen molar-refractivity contribution in [2.45, 2.75) is 48.0 Å². The summed E-state index contributed by atoms with van der Waals surface area (Å²) >= 11 is 0. The van der Waals surface area contributed by atoms with Gasteiger partial charge < -0.3 is 4.74 Å². The Kier molecular flexibility index (Phi) is 4.24. The third kappa shape index (κ3) is 6.35. The molecule has 0 aliphatic carbocycles. The molecule has 1 aromatic carbocycles. The van der Waals surface area contributed by atoms with E-state index in [9.17, 15) is 0 Å². The average Bonchev–Trinajstić information content (AvgIpc) is 2.13. The van der Waals surface area contributed by atoms with E-state index in [0.29, 0.717) is 5.41 Å². The molecule has 0 bridgehead atoms. The lowest BCUT2D eigenvalue weighted by Gasteiger charge is -2.20. The van der Waals surface area contributed by atoms with Gasteiger partial charge in [-0.2, -0.15) is 0 Å². The van der Waals surface area contributed by atoms with Gasteiger partial charge in [-0.05, 0) is 34.9 Å². The molecule has 0 N–H and O–H groups in total. The molecule has 0 atom stereocenters. The molecule has 1 aromatic rings. The van der Waals surface area contributed by atoms with Crippen molar-refractivity contribution in [2.24, 2.45) is 10.8 Å². The zero-order valence-corrected chi connectivity index (χ0v) is 12.1. The summed E-state index contributed by atoms with van der Waals surface area (Å²) in [5.41, 5.74) is 1.93. The molecule has 0 aromatic heterocycles. The van der Waals surface area contributed by atoms with Crippen molar-refractivity contribution in [1.29, 1.82) is 0 Å². The minimum atomic E-state index is 0.212. The molecule has 0 amide bonds. The van der Waals surface area contributed by atoms with E-state index in [0.717, 1.165) is 18.8 Å². The molecular weight excluding hydrogens is 208 g/mol. The van der Waals surface area contributed by atoms with Gasteiger partial charge in [-0.15, -0.1) is 0 Å². The minimum absolute atomic E-state index is 0.212. The molecule has 0 aliphatic heterocycles. The molecule has 0 heterocycles. The van der Waals surface area contributed by atoms with Crippen molar-refractivity contribution >= 4 is 0 Å². The van der Waals surface area contributed by atoms with Crippen LogP contribution in [0.2, 0.25) is 0 Å². The highest BCUT2D eigenvalue weighted by Gasteiger charge is 2.12. The first-order chi connectivity index (χ1) is 7.66. The molecule has 0 radical (unpaired) electrons. The van der Waals surface area contributed by atoms with E-state index < -0.39 is 0 Å². The fraction of sp³-hybridized carbons (Fsp3) is 0.625. The van der Waals surface area contributed by atoms with Crippen molar-refractivity contribution in [3.63, 3.8) is 0 Å². The number of ether oxygens (including phenoxy) is 1. The Bertz CT molecular complexity index is 335. The van der Waals surface area contributed by atoms with Gasteiger partial charge in [0.1, 0.15) is 5.75 Å². The van der Waals surface area contributed by atoms with Crippen LogP contribution in [0.15, 0.2) is 24.3 Å². The number of hydrogen-bond donors (Lipinski definition) is 0. The van der Waals surface area contributed by atoms with Crippen molar-refractivity contribution in [2.75, 3.05) is 6.61 Å². The first-order valence-corrected chi connectivity index (χ1v) is 6.37. The lowest BCUT2D eigenvalue weighted by molar-refractivity contribution is 0.198. The van der Waals surface area contributed by atoms with Gasteiger partial charge in [0.2, 0.25) is 0 Å². The zero-order valence-electron chi connectivity index (χ0n) is 12.1. The Morgan fingerprint density at radius 1 is 0.824 bits per heavy atom. The minimum Gasteiger partial charge on any atom is -0.493 e. The highest BCUT2D eigenvalue weighted by molar-refractivity contribution is 5.27. The van der Waals surface area contributed by atoms with Crippen LogP contribution in [-0.4, -0.2) is 6.61 Å². The molecule has 1 nitrogen and oxygen atoms in total. The van der Waals surface area contributed by atoms with E-state index in [2.05, 4.69) is 65.8 Å². The SMILES string of the molecule is CC(C)(C)COc1ccc(CC(C)(C)C)cc1. The molecule has 0 fully saturated rings. The molecule has 17 heavy (non-hydrogen) atoms. The van der Waals surface area contributed by atoms with Gasteiger partial charge in [-0.1, -0.05) is 53.7 Å². The summed E-state index contributed by atoms with van der Waals surface area (Å²) in [7, 11) is 0. The molecule has 0 unspecified atom stereocenters. The summed E-state index contributed by atoms with van der Waals surface area (Å²) in [6, 6.07) is 8.49. The van der Waals surface area contributed by atoms with Crippen molar-refractivity contribution in [3.8, 4) is 5.75 Å². The van der Waals surface area contributed by atoms with Gasteiger partial charge >= 0.3 is 0 Å². The van der Waals surface area contributed by atoms with E-state index >= 15 is 0 Å².